The van der Waals surface area contributed by atoms with Crippen LogP contribution in [0.4, 0.5) is 11.4 Å². The van der Waals surface area contributed by atoms with Crippen LogP contribution in [0.25, 0.3) is 0 Å². The molecular formula is C39H63N3O. The summed E-state index contributed by atoms with van der Waals surface area (Å²) in [6.07, 6.45) is 23.9. The molecule has 2 aliphatic heterocycles. The smallest absolute Gasteiger partial charge is 0.0685 e. The van der Waals surface area contributed by atoms with E-state index in [9.17, 15) is 0 Å². The number of hydrogen-bond donors (Lipinski definition) is 1. The molecule has 4 heteroatoms. The number of hydroxylamine groups is 2. The molecule has 0 saturated carbocycles. The quantitative estimate of drug-likeness (QED) is 0.130. The van der Waals surface area contributed by atoms with Crippen molar-refractivity contribution in [1.82, 2.24) is 9.96 Å². The Labute approximate surface area is 264 Å². The number of para-hydroxylation sites is 1. The van der Waals surface area contributed by atoms with Gasteiger partial charge in [0.25, 0.3) is 0 Å². The van der Waals surface area contributed by atoms with Gasteiger partial charge in [0, 0.05) is 24.5 Å². The van der Waals surface area contributed by atoms with E-state index in [-0.39, 0.29) is 0 Å². The van der Waals surface area contributed by atoms with Crippen molar-refractivity contribution in [2.45, 2.75) is 163 Å². The first-order valence-electron chi connectivity index (χ1n) is 18.4. The highest BCUT2D eigenvalue weighted by atomic mass is 16.7. The second-order valence-electron chi connectivity index (χ2n) is 13.3. The molecule has 0 amide bonds. The Bertz CT molecular complexity index is 999. The minimum atomic E-state index is 0.845. The van der Waals surface area contributed by atoms with E-state index >= 15 is 0 Å². The molecule has 1 N–H and O–H groups in total. The minimum Gasteiger partial charge on any atom is -0.355 e. The van der Waals surface area contributed by atoms with Crippen LogP contribution in [0.3, 0.4) is 0 Å². The SMILES string of the molecule is CCCCCCCCc1c2c(c(Nc3ccccc3)c3c1CN(OCCCCCCC)C3)CN(CCCCCCCC)C2. The molecule has 0 bridgehead atoms. The number of hydrogen-bond acceptors (Lipinski definition) is 4. The van der Waals surface area contributed by atoms with Gasteiger partial charge in [-0.1, -0.05) is 129 Å². The lowest BCUT2D eigenvalue weighted by Crippen LogP contribution is -2.19. The number of nitrogens with one attached hydrogen (secondary N) is 1. The fourth-order valence-corrected chi connectivity index (χ4v) is 7.14. The van der Waals surface area contributed by atoms with Gasteiger partial charge in [-0.3, -0.25) is 9.74 Å². The molecule has 0 saturated heterocycles. The van der Waals surface area contributed by atoms with Gasteiger partial charge in [0.2, 0.25) is 0 Å². The van der Waals surface area contributed by atoms with Crippen LogP contribution in [0.5, 0.6) is 0 Å². The Morgan fingerprint density at radius 3 is 1.81 bits per heavy atom. The van der Waals surface area contributed by atoms with Crippen LogP contribution in [0.2, 0.25) is 0 Å². The molecule has 0 atom stereocenters. The predicted molar refractivity (Wildman–Crippen MR) is 185 cm³/mol. The van der Waals surface area contributed by atoms with Crippen LogP contribution in [0.15, 0.2) is 30.3 Å². The highest BCUT2D eigenvalue weighted by Crippen LogP contribution is 2.44. The van der Waals surface area contributed by atoms with Crippen LogP contribution in [0.1, 0.15) is 158 Å². The second-order valence-corrected chi connectivity index (χ2v) is 13.3. The molecule has 4 rings (SSSR count). The molecule has 2 aromatic carbocycles. The molecule has 0 fully saturated rings. The van der Waals surface area contributed by atoms with Gasteiger partial charge in [-0.2, -0.15) is 5.06 Å². The van der Waals surface area contributed by atoms with Crippen LogP contribution in [-0.2, 0) is 37.4 Å². The number of benzene rings is 2. The minimum absolute atomic E-state index is 0.845. The topological polar surface area (TPSA) is 27.7 Å². The molecule has 2 heterocycles. The number of nitrogens with zero attached hydrogens (tertiary/aromatic N) is 2. The van der Waals surface area contributed by atoms with Gasteiger partial charge in [0.15, 0.2) is 0 Å². The molecule has 2 aromatic rings. The maximum Gasteiger partial charge on any atom is 0.0685 e. The summed E-state index contributed by atoms with van der Waals surface area (Å²) >= 11 is 0. The van der Waals surface area contributed by atoms with Crippen molar-refractivity contribution in [3.63, 3.8) is 0 Å². The van der Waals surface area contributed by atoms with E-state index in [4.69, 9.17) is 4.84 Å². The average molecular weight is 590 g/mol. The zero-order valence-corrected chi connectivity index (χ0v) is 28.2. The average Bonchev–Trinajstić information content (AvgIpc) is 3.65. The van der Waals surface area contributed by atoms with Gasteiger partial charge in [-0.05, 0) is 72.2 Å². The van der Waals surface area contributed by atoms with E-state index < -0.39 is 0 Å². The predicted octanol–water partition coefficient (Wildman–Crippen LogP) is 11.2. The molecule has 0 unspecified atom stereocenters. The van der Waals surface area contributed by atoms with E-state index in [1.54, 1.807) is 22.3 Å². The van der Waals surface area contributed by atoms with Crippen LogP contribution < -0.4 is 5.32 Å². The Kier molecular flexibility index (Phi) is 15.4. The first-order chi connectivity index (χ1) is 21.2. The third-order valence-corrected chi connectivity index (χ3v) is 9.67. The first kappa shape index (κ1) is 34.0. The molecule has 0 aliphatic carbocycles. The largest absolute Gasteiger partial charge is 0.355 e. The highest BCUT2D eigenvalue weighted by molar-refractivity contribution is 5.73. The van der Waals surface area contributed by atoms with Gasteiger partial charge in [-0.25, -0.2) is 0 Å². The molecular weight excluding hydrogens is 526 g/mol. The summed E-state index contributed by atoms with van der Waals surface area (Å²) in [7, 11) is 0. The van der Waals surface area contributed by atoms with Crippen molar-refractivity contribution in [2.75, 3.05) is 18.5 Å². The molecule has 240 valence electrons. The standard InChI is InChI=1S/C39H63N3O/c1-4-7-10-13-15-21-26-34-35-29-41(27-22-16-14-11-8-5-2)30-37(35)39(40-33-24-19-18-20-25-33)38-32-42(31-36(34)38)43-28-23-17-12-9-6-3/h18-20,24-25,40H,4-17,21-23,26-32H2,1-3H3. The van der Waals surface area contributed by atoms with E-state index in [0.717, 1.165) is 39.2 Å². The van der Waals surface area contributed by atoms with Gasteiger partial charge in [0.1, 0.15) is 0 Å². The molecule has 43 heavy (non-hydrogen) atoms. The molecule has 0 radical (unpaired) electrons. The zero-order valence-electron chi connectivity index (χ0n) is 28.2. The van der Waals surface area contributed by atoms with Crippen molar-refractivity contribution < 1.29 is 4.84 Å². The fourth-order valence-electron chi connectivity index (χ4n) is 7.14. The van der Waals surface area contributed by atoms with E-state index in [1.165, 1.54) is 133 Å². The Morgan fingerprint density at radius 2 is 1.12 bits per heavy atom. The van der Waals surface area contributed by atoms with Crippen molar-refractivity contribution in [1.29, 1.82) is 0 Å². The number of anilines is 2. The summed E-state index contributed by atoms with van der Waals surface area (Å²) in [4.78, 5) is 9.18. The summed E-state index contributed by atoms with van der Waals surface area (Å²) in [6, 6.07) is 10.8. The fraction of sp³-hybridized carbons (Fsp3) is 0.692. The third-order valence-electron chi connectivity index (χ3n) is 9.67. The zero-order chi connectivity index (χ0) is 30.1. The number of fused-ring (bicyclic) bond motifs is 2. The molecule has 4 nitrogen and oxygen atoms in total. The van der Waals surface area contributed by atoms with Crippen molar-refractivity contribution >= 4 is 11.4 Å². The lowest BCUT2D eigenvalue weighted by atomic mass is 9.89. The van der Waals surface area contributed by atoms with Crippen molar-refractivity contribution in [3.05, 3.63) is 58.1 Å². The number of rotatable bonds is 23. The van der Waals surface area contributed by atoms with Crippen molar-refractivity contribution in [2.24, 2.45) is 0 Å². The normalized spacial score (nSPS) is 14.9. The monoisotopic (exact) mass is 589 g/mol. The van der Waals surface area contributed by atoms with Crippen LogP contribution >= 0.6 is 0 Å². The summed E-state index contributed by atoms with van der Waals surface area (Å²) in [5.41, 5.74) is 10.5. The van der Waals surface area contributed by atoms with Crippen LogP contribution in [-0.4, -0.2) is 23.1 Å². The van der Waals surface area contributed by atoms with E-state index in [2.05, 4.69) is 66.4 Å². The van der Waals surface area contributed by atoms with Gasteiger partial charge >= 0.3 is 0 Å². The van der Waals surface area contributed by atoms with Crippen LogP contribution in [0, 0.1) is 0 Å². The lowest BCUT2D eigenvalue weighted by molar-refractivity contribution is -0.166. The maximum absolute atomic E-state index is 6.44. The molecule has 0 aromatic heterocycles. The summed E-state index contributed by atoms with van der Waals surface area (Å²) in [6.45, 7) is 13.0. The Morgan fingerprint density at radius 1 is 0.581 bits per heavy atom. The summed E-state index contributed by atoms with van der Waals surface area (Å²) < 4.78 is 0. The summed E-state index contributed by atoms with van der Waals surface area (Å²) in [5, 5.41) is 6.21. The van der Waals surface area contributed by atoms with Crippen molar-refractivity contribution in [3.8, 4) is 0 Å². The lowest BCUT2D eigenvalue weighted by Gasteiger charge is -2.20. The molecule has 2 aliphatic rings. The van der Waals surface area contributed by atoms with E-state index in [0.29, 0.717) is 0 Å². The number of unbranched alkanes of at least 4 members (excludes halogenated alkanes) is 14. The summed E-state index contributed by atoms with van der Waals surface area (Å²) in [5.74, 6) is 0. The van der Waals surface area contributed by atoms with Gasteiger partial charge < -0.3 is 5.32 Å². The Balaban J connectivity index is 1.52. The maximum atomic E-state index is 6.44. The molecule has 0 spiro atoms. The van der Waals surface area contributed by atoms with Gasteiger partial charge in [0.05, 0.1) is 19.7 Å². The second kappa shape index (κ2) is 19.5. The third kappa shape index (κ3) is 10.6. The Hall–Kier alpha value is -1.88. The highest BCUT2D eigenvalue weighted by Gasteiger charge is 2.34. The first-order valence-corrected chi connectivity index (χ1v) is 18.4. The van der Waals surface area contributed by atoms with E-state index in [1.807, 2.05) is 0 Å². The van der Waals surface area contributed by atoms with Gasteiger partial charge in [-0.15, -0.1) is 0 Å².